The largest absolute Gasteiger partial charge is 0.355 e. The van der Waals surface area contributed by atoms with E-state index in [1.165, 1.54) is 37.6 Å². The van der Waals surface area contributed by atoms with Gasteiger partial charge in [0, 0.05) is 19.6 Å². The second kappa shape index (κ2) is 8.06. The molecule has 0 radical (unpaired) electrons. The summed E-state index contributed by atoms with van der Waals surface area (Å²) < 4.78 is 5.25. The molecule has 1 amide bonds. The van der Waals surface area contributed by atoms with Crippen molar-refractivity contribution in [2.45, 2.75) is 51.9 Å². The van der Waals surface area contributed by atoms with Crippen LogP contribution in [0.3, 0.4) is 0 Å². The average molecular weight is 369 g/mol. The zero-order valence-electron chi connectivity index (χ0n) is 15.9. The average Bonchev–Trinajstić information content (AvgIpc) is 3.10. The summed E-state index contributed by atoms with van der Waals surface area (Å²) >= 11 is 0. The zero-order chi connectivity index (χ0) is 18.6. The van der Waals surface area contributed by atoms with E-state index in [0.717, 1.165) is 49.2 Å². The lowest BCUT2D eigenvalue weighted by atomic mass is 9.95. The highest BCUT2D eigenvalue weighted by molar-refractivity contribution is 5.88. The minimum atomic E-state index is -0.00994. The maximum absolute atomic E-state index is 12.7. The summed E-state index contributed by atoms with van der Waals surface area (Å²) in [6.45, 7) is 4.19. The molecule has 1 atom stereocenters. The van der Waals surface area contributed by atoms with Crippen LogP contribution in [0.1, 0.15) is 50.6 Å². The first kappa shape index (κ1) is 17.9. The minimum absolute atomic E-state index is 0.00994. The fraction of sp³-hybridized carbons (Fsp3) is 0.600. The Hall–Kier alpha value is -2.44. The van der Waals surface area contributed by atoms with Crippen molar-refractivity contribution in [2.24, 2.45) is 5.92 Å². The van der Waals surface area contributed by atoms with Crippen molar-refractivity contribution in [3.63, 3.8) is 0 Å². The van der Waals surface area contributed by atoms with Crippen molar-refractivity contribution in [1.29, 1.82) is 0 Å². The van der Waals surface area contributed by atoms with Gasteiger partial charge in [-0.1, -0.05) is 16.8 Å². The SMILES string of the molecule is Cc1noc2ncnc(N3CCC[C@H](C(=O)NCCC4=CCCCC4)C3)c12. The van der Waals surface area contributed by atoms with Gasteiger partial charge in [0.2, 0.25) is 5.91 Å². The van der Waals surface area contributed by atoms with Gasteiger partial charge in [-0.3, -0.25) is 4.79 Å². The number of piperidine rings is 1. The molecule has 2 aromatic rings. The number of aromatic nitrogens is 3. The summed E-state index contributed by atoms with van der Waals surface area (Å²) in [4.78, 5) is 23.4. The molecule has 2 aromatic heterocycles. The molecule has 4 rings (SSSR count). The van der Waals surface area contributed by atoms with Crippen molar-refractivity contribution in [1.82, 2.24) is 20.4 Å². The van der Waals surface area contributed by atoms with Gasteiger partial charge in [0.25, 0.3) is 5.71 Å². The molecule has 0 aromatic carbocycles. The molecule has 3 heterocycles. The predicted octanol–water partition coefficient (Wildman–Crippen LogP) is 3.15. The molecule has 7 heteroatoms. The maximum Gasteiger partial charge on any atom is 0.263 e. The molecular formula is C20H27N5O2. The van der Waals surface area contributed by atoms with Crippen molar-refractivity contribution >= 4 is 22.8 Å². The number of fused-ring (bicyclic) bond motifs is 1. The number of aryl methyl sites for hydroxylation is 1. The number of allylic oxidation sites excluding steroid dienone is 1. The van der Waals surface area contributed by atoms with Gasteiger partial charge in [-0.2, -0.15) is 4.98 Å². The van der Waals surface area contributed by atoms with E-state index in [0.29, 0.717) is 12.3 Å². The van der Waals surface area contributed by atoms with Crippen molar-refractivity contribution in [2.75, 3.05) is 24.5 Å². The zero-order valence-corrected chi connectivity index (χ0v) is 15.9. The number of carbonyl (C=O) groups is 1. The molecular weight excluding hydrogens is 342 g/mol. The van der Waals surface area contributed by atoms with Crippen LogP contribution in [0.2, 0.25) is 0 Å². The monoisotopic (exact) mass is 369 g/mol. The fourth-order valence-corrected chi connectivity index (χ4v) is 4.15. The molecule has 7 nitrogen and oxygen atoms in total. The Morgan fingerprint density at radius 2 is 2.26 bits per heavy atom. The first-order chi connectivity index (χ1) is 13.2. The molecule has 1 N–H and O–H groups in total. The number of hydrogen-bond donors (Lipinski definition) is 1. The molecule has 2 aliphatic rings. The number of carbonyl (C=O) groups excluding carboxylic acids is 1. The summed E-state index contributed by atoms with van der Waals surface area (Å²) in [6.07, 6.45) is 11.7. The number of nitrogens with zero attached hydrogens (tertiary/aromatic N) is 4. The smallest absolute Gasteiger partial charge is 0.263 e. The molecule has 1 fully saturated rings. The van der Waals surface area contributed by atoms with E-state index >= 15 is 0 Å². The van der Waals surface area contributed by atoms with Crippen LogP contribution >= 0.6 is 0 Å². The van der Waals surface area contributed by atoms with Gasteiger partial charge in [0.15, 0.2) is 0 Å². The Kier molecular flexibility index (Phi) is 5.36. The highest BCUT2D eigenvalue weighted by atomic mass is 16.5. The molecule has 1 aliphatic carbocycles. The van der Waals surface area contributed by atoms with Gasteiger partial charge < -0.3 is 14.7 Å². The van der Waals surface area contributed by atoms with E-state index in [-0.39, 0.29) is 11.8 Å². The van der Waals surface area contributed by atoms with Crippen molar-refractivity contribution in [3.05, 3.63) is 23.7 Å². The van der Waals surface area contributed by atoms with Crippen molar-refractivity contribution < 1.29 is 9.32 Å². The molecule has 27 heavy (non-hydrogen) atoms. The third-order valence-corrected chi connectivity index (χ3v) is 5.65. The van der Waals surface area contributed by atoms with Gasteiger partial charge in [-0.25, -0.2) is 4.98 Å². The lowest BCUT2D eigenvalue weighted by Crippen LogP contribution is -2.43. The van der Waals surface area contributed by atoms with E-state index in [4.69, 9.17) is 4.52 Å². The predicted molar refractivity (Wildman–Crippen MR) is 103 cm³/mol. The summed E-state index contributed by atoms with van der Waals surface area (Å²) in [7, 11) is 0. The van der Waals surface area contributed by atoms with Gasteiger partial charge in [0.1, 0.15) is 17.5 Å². The molecule has 1 saturated heterocycles. The van der Waals surface area contributed by atoms with E-state index < -0.39 is 0 Å². The van der Waals surface area contributed by atoms with Crippen LogP contribution < -0.4 is 10.2 Å². The number of rotatable bonds is 5. The van der Waals surface area contributed by atoms with Gasteiger partial charge in [-0.05, 0) is 51.9 Å². The van der Waals surface area contributed by atoms with Crippen LogP contribution in [0.4, 0.5) is 5.82 Å². The van der Waals surface area contributed by atoms with E-state index in [9.17, 15) is 4.79 Å². The number of nitrogens with one attached hydrogen (secondary N) is 1. The third kappa shape index (κ3) is 3.96. The first-order valence-corrected chi connectivity index (χ1v) is 10.00. The molecule has 144 valence electrons. The summed E-state index contributed by atoms with van der Waals surface area (Å²) in [5.41, 5.74) is 2.79. The summed E-state index contributed by atoms with van der Waals surface area (Å²) in [5, 5.41) is 8.00. The highest BCUT2D eigenvalue weighted by Crippen LogP contribution is 2.29. The van der Waals surface area contributed by atoms with E-state index in [1.54, 1.807) is 0 Å². The quantitative estimate of drug-likeness (QED) is 0.815. The number of amides is 1. The number of hydrogen-bond acceptors (Lipinski definition) is 6. The van der Waals surface area contributed by atoms with E-state index in [2.05, 4.69) is 31.4 Å². The summed E-state index contributed by atoms with van der Waals surface area (Å²) in [5.74, 6) is 0.969. The molecule has 0 saturated carbocycles. The van der Waals surface area contributed by atoms with Crippen LogP contribution in [0.5, 0.6) is 0 Å². The van der Waals surface area contributed by atoms with E-state index in [1.807, 2.05) is 6.92 Å². The second-order valence-corrected chi connectivity index (χ2v) is 7.58. The van der Waals surface area contributed by atoms with Gasteiger partial charge >= 0.3 is 0 Å². The standard InChI is InChI=1S/C20H27N5O2/c1-14-17-18(22-13-23-20(17)27-24-14)25-11-5-8-16(12-25)19(26)21-10-9-15-6-3-2-4-7-15/h6,13,16H,2-5,7-12H2,1H3,(H,21,26)/t16-/m0/s1. The Bertz CT molecular complexity index is 844. The van der Waals surface area contributed by atoms with Gasteiger partial charge in [-0.15, -0.1) is 0 Å². The van der Waals surface area contributed by atoms with Crippen LogP contribution in [-0.2, 0) is 4.79 Å². The molecule has 1 aliphatic heterocycles. The summed E-state index contributed by atoms with van der Waals surface area (Å²) in [6, 6.07) is 0. The normalized spacial score (nSPS) is 20.6. The van der Waals surface area contributed by atoms with Gasteiger partial charge in [0.05, 0.1) is 11.6 Å². The van der Waals surface area contributed by atoms with Crippen LogP contribution in [0.15, 0.2) is 22.5 Å². The lowest BCUT2D eigenvalue weighted by Gasteiger charge is -2.33. The highest BCUT2D eigenvalue weighted by Gasteiger charge is 2.28. The Labute approximate surface area is 159 Å². The Morgan fingerprint density at radius 3 is 3.11 bits per heavy atom. The Morgan fingerprint density at radius 1 is 1.33 bits per heavy atom. The van der Waals surface area contributed by atoms with Crippen LogP contribution in [-0.4, -0.2) is 40.7 Å². The first-order valence-electron chi connectivity index (χ1n) is 10.00. The van der Waals surface area contributed by atoms with Crippen LogP contribution in [0, 0.1) is 12.8 Å². The molecule has 0 bridgehead atoms. The maximum atomic E-state index is 12.7. The Balaban J connectivity index is 1.38. The lowest BCUT2D eigenvalue weighted by molar-refractivity contribution is -0.125. The molecule has 0 unspecified atom stereocenters. The molecule has 0 spiro atoms. The van der Waals surface area contributed by atoms with Crippen molar-refractivity contribution in [3.8, 4) is 0 Å². The fourth-order valence-electron chi connectivity index (χ4n) is 4.15. The third-order valence-electron chi connectivity index (χ3n) is 5.65. The van der Waals surface area contributed by atoms with Crippen LogP contribution in [0.25, 0.3) is 11.1 Å². The minimum Gasteiger partial charge on any atom is -0.355 e. The second-order valence-electron chi connectivity index (χ2n) is 7.58. The topological polar surface area (TPSA) is 84.2 Å². The number of anilines is 1.